The Hall–Kier alpha value is -2.61. The Morgan fingerprint density at radius 1 is 1.24 bits per heavy atom. The number of fused-ring (bicyclic) bond motifs is 1. The Morgan fingerprint density at radius 3 is 2.64 bits per heavy atom. The average molecular weight is 362 g/mol. The first-order valence-electron chi connectivity index (χ1n) is 7.65. The molecule has 1 heterocycles. The summed E-state index contributed by atoms with van der Waals surface area (Å²) in [6.45, 7) is 1.67. The van der Waals surface area contributed by atoms with E-state index in [1.807, 2.05) is 42.5 Å². The summed E-state index contributed by atoms with van der Waals surface area (Å²) in [6.07, 6.45) is 0. The minimum absolute atomic E-state index is 0.0775. The first-order chi connectivity index (χ1) is 12.0. The van der Waals surface area contributed by atoms with E-state index < -0.39 is 29.2 Å². The Labute approximate surface area is 147 Å². The second-order valence-corrected chi connectivity index (χ2v) is 6.67. The number of rotatable bonds is 4. The molecular weight excluding hydrogens is 347 g/mol. The third kappa shape index (κ3) is 3.30. The lowest BCUT2D eigenvalue weighted by Gasteiger charge is -2.34. The van der Waals surface area contributed by atoms with E-state index >= 15 is 0 Å². The molecule has 3 rings (SSSR count). The van der Waals surface area contributed by atoms with Gasteiger partial charge in [0.1, 0.15) is 5.37 Å². The highest BCUT2D eigenvalue weighted by Crippen LogP contribution is 2.32. The second-order valence-electron chi connectivity index (χ2n) is 5.45. The number of thioether (sulfide) groups is 1. The Morgan fingerprint density at radius 2 is 1.96 bits per heavy atom. The van der Waals surface area contributed by atoms with Gasteiger partial charge in [-0.05, 0) is 29.8 Å². The van der Waals surface area contributed by atoms with Gasteiger partial charge in [0.25, 0.3) is 0 Å². The molecule has 6 nitrogen and oxygen atoms in total. The van der Waals surface area contributed by atoms with Crippen molar-refractivity contribution >= 4 is 40.4 Å². The number of nitrogens with one attached hydrogen (secondary N) is 1. The van der Waals surface area contributed by atoms with Crippen molar-refractivity contribution in [3.8, 4) is 0 Å². The first kappa shape index (κ1) is 17.2. The molecule has 0 radical (unpaired) electrons. The van der Waals surface area contributed by atoms with Gasteiger partial charge in [-0.25, -0.2) is 9.59 Å². The smallest absolute Gasteiger partial charge is 0.324 e. The van der Waals surface area contributed by atoms with Crippen molar-refractivity contribution in [3.63, 3.8) is 0 Å². The highest BCUT2D eigenvalue weighted by molar-refractivity contribution is 8.00. The lowest BCUT2D eigenvalue weighted by Crippen LogP contribution is -2.60. The van der Waals surface area contributed by atoms with Crippen LogP contribution in [0.15, 0.2) is 47.4 Å². The Kier molecular flexibility index (Phi) is 4.89. The van der Waals surface area contributed by atoms with Gasteiger partial charge in [0.2, 0.25) is 5.91 Å². The highest BCUT2D eigenvalue weighted by Gasteiger charge is 2.46. The fraction of sp³-hybridized carbons (Fsp3) is 0.235. The monoisotopic (exact) mass is 362 g/mol. The molecule has 0 aliphatic carbocycles. The molecule has 0 spiro atoms. The zero-order valence-corrected chi connectivity index (χ0v) is 14.1. The van der Waals surface area contributed by atoms with E-state index in [4.69, 9.17) is 0 Å². The van der Waals surface area contributed by atoms with Gasteiger partial charge in [-0.2, -0.15) is 0 Å². The first-order valence-corrected chi connectivity index (χ1v) is 8.53. The molecule has 3 amide bonds. The number of hydrogen-bond donors (Lipinski definition) is 1. The van der Waals surface area contributed by atoms with Crippen LogP contribution in [0.1, 0.15) is 6.92 Å². The molecule has 1 N–H and O–H groups in total. The van der Waals surface area contributed by atoms with Crippen molar-refractivity contribution in [2.75, 3.05) is 6.54 Å². The number of benzene rings is 2. The van der Waals surface area contributed by atoms with E-state index in [0.29, 0.717) is 0 Å². The molecule has 25 heavy (non-hydrogen) atoms. The molecular formula is C17H15FN2O4S. The molecule has 2 aromatic carbocycles. The lowest BCUT2D eigenvalue weighted by molar-refractivity contribution is -0.191. The van der Waals surface area contributed by atoms with Crippen LogP contribution in [-0.4, -0.2) is 34.7 Å². The van der Waals surface area contributed by atoms with E-state index in [1.54, 1.807) is 6.92 Å². The predicted octanol–water partition coefficient (Wildman–Crippen LogP) is 2.87. The number of carbonyl (C=O) groups is 3. The van der Waals surface area contributed by atoms with E-state index in [9.17, 15) is 18.9 Å². The zero-order valence-electron chi connectivity index (χ0n) is 13.3. The summed E-state index contributed by atoms with van der Waals surface area (Å²) in [5.74, 6) is -3.53. The topological polar surface area (TPSA) is 75.7 Å². The number of halogens is 1. The zero-order chi connectivity index (χ0) is 18.0. The number of urea groups is 1. The molecule has 1 saturated heterocycles. The third-order valence-electron chi connectivity index (χ3n) is 3.98. The van der Waals surface area contributed by atoms with Gasteiger partial charge in [-0.1, -0.05) is 42.1 Å². The van der Waals surface area contributed by atoms with Crippen molar-refractivity contribution in [2.45, 2.75) is 17.2 Å². The van der Waals surface area contributed by atoms with Crippen LogP contribution in [0, 0.1) is 5.92 Å². The van der Waals surface area contributed by atoms with Gasteiger partial charge in [-0.15, -0.1) is 0 Å². The normalized spacial score (nSPS) is 20.5. The van der Waals surface area contributed by atoms with Gasteiger partial charge < -0.3 is 5.32 Å². The van der Waals surface area contributed by atoms with Crippen molar-refractivity contribution in [1.29, 1.82) is 0 Å². The van der Waals surface area contributed by atoms with Gasteiger partial charge in [0.15, 0.2) is 5.92 Å². The fourth-order valence-electron chi connectivity index (χ4n) is 2.74. The maximum absolute atomic E-state index is 12.5. The number of imide groups is 1. The number of hydrogen-bond acceptors (Lipinski definition) is 5. The molecule has 1 aliphatic rings. The van der Waals surface area contributed by atoms with Crippen LogP contribution in [0.4, 0.5) is 9.32 Å². The van der Waals surface area contributed by atoms with Crippen LogP contribution in [0.25, 0.3) is 10.8 Å². The van der Waals surface area contributed by atoms with Crippen molar-refractivity contribution < 1.29 is 23.9 Å². The van der Waals surface area contributed by atoms with Crippen LogP contribution >= 0.6 is 11.8 Å². The lowest BCUT2D eigenvalue weighted by atomic mass is 10.1. The van der Waals surface area contributed by atoms with Crippen LogP contribution in [0.5, 0.6) is 0 Å². The number of amides is 3. The maximum atomic E-state index is 12.5. The van der Waals surface area contributed by atoms with E-state index in [2.05, 4.69) is 10.3 Å². The summed E-state index contributed by atoms with van der Waals surface area (Å²) in [5.41, 5.74) is 0. The largest absolute Gasteiger partial charge is 0.364 e. The minimum atomic E-state index is -1.45. The van der Waals surface area contributed by atoms with Gasteiger partial charge in [0, 0.05) is 16.0 Å². The molecule has 0 aromatic heterocycles. The molecule has 2 atom stereocenters. The van der Waals surface area contributed by atoms with Crippen LogP contribution in [0.3, 0.4) is 0 Å². The summed E-state index contributed by atoms with van der Waals surface area (Å²) < 4.78 is 12.5. The minimum Gasteiger partial charge on any atom is -0.324 e. The van der Waals surface area contributed by atoms with Gasteiger partial charge >= 0.3 is 12.0 Å². The van der Waals surface area contributed by atoms with Crippen molar-refractivity contribution in [1.82, 2.24) is 10.2 Å². The van der Waals surface area contributed by atoms with Crippen molar-refractivity contribution in [2.24, 2.45) is 5.92 Å². The summed E-state index contributed by atoms with van der Waals surface area (Å²) in [7, 11) is 0. The Balaban J connectivity index is 1.90. The van der Waals surface area contributed by atoms with E-state index in [-0.39, 0.29) is 6.54 Å². The quantitative estimate of drug-likeness (QED) is 0.847. The highest BCUT2D eigenvalue weighted by atomic mass is 32.2. The number of nitrogens with zero attached hydrogens (tertiary/aromatic N) is 1. The van der Waals surface area contributed by atoms with E-state index in [1.165, 1.54) is 0 Å². The summed E-state index contributed by atoms with van der Waals surface area (Å²) in [6, 6.07) is 12.7. The maximum Gasteiger partial charge on any atom is 0.364 e. The molecule has 0 saturated carbocycles. The molecule has 2 aromatic rings. The Bertz CT molecular complexity index is 844. The number of carbonyl (C=O) groups excluding carboxylic acids is 3. The predicted molar refractivity (Wildman–Crippen MR) is 90.2 cm³/mol. The van der Waals surface area contributed by atoms with Crippen LogP contribution < -0.4 is 5.32 Å². The molecule has 8 heteroatoms. The summed E-state index contributed by atoms with van der Waals surface area (Å²) >= 11 is 1.10. The molecule has 1 fully saturated rings. The molecule has 130 valence electrons. The standard InChI is InChI=1S/C17H15FN2O4S/c1-2-20-15(21)13(16(22)24-18)14(19-17(20)23)25-12-8-7-10-5-3-4-6-11(10)9-12/h3-9,13-14H,2H2,1H3,(H,19,23). The van der Waals surface area contributed by atoms with Crippen molar-refractivity contribution in [3.05, 3.63) is 42.5 Å². The summed E-state index contributed by atoms with van der Waals surface area (Å²) in [4.78, 5) is 41.0. The molecule has 1 aliphatic heterocycles. The SMILES string of the molecule is CCN1C(=O)NC(Sc2ccc3ccccc3c2)C(C(=O)OF)C1=O. The van der Waals surface area contributed by atoms with Gasteiger partial charge in [0.05, 0.1) is 0 Å². The third-order valence-corrected chi connectivity index (χ3v) is 5.15. The summed E-state index contributed by atoms with van der Waals surface area (Å²) in [5, 5.41) is 3.63. The molecule has 2 unspecified atom stereocenters. The van der Waals surface area contributed by atoms with Crippen LogP contribution in [-0.2, 0) is 14.5 Å². The van der Waals surface area contributed by atoms with Gasteiger partial charge in [-0.3, -0.25) is 14.6 Å². The molecule has 0 bridgehead atoms. The fourth-order valence-corrected chi connectivity index (χ4v) is 3.90. The van der Waals surface area contributed by atoms with E-state index in [0.717, 1.165) is 32.3 Å². The second kappa shape index (κ2) is 7.10. The average Bonchev–Trinajstić information content (AvgIpc) is 2.61. The van der Waals surface area contributed by atoms with Crippen LogP contribution in [0.2, 0.25) is 0 Å².